The minimum absolute atomic E-state index is 0.409. The van der Waals surface area contributed by atoms with Crippen molar-refractivity contribution in [3.8, 4) is 34.8 Å². The molecule has 2 heterocycles. The molecule has 6 nitrogen and oxygen atoms in total. The fraction of sp³-hybridized carbons (Fsp3) is 0.250. The van der Waals surface area contributed by atoms with Gasteiger partial charge in [-0.25, -0.2) is 0 Å². The van der Waals surface area contributed by atoms with Crippen molar-refractivity contribution in [2.45, 2.75) is 13.8 Å². The van der Waals surface area contributed by atoms with Gasteiger partial charge in [0, 0.05) is 0 Å². The molecule has 0 unspecified atom stereocenters. The molecule has 1 aromatic carbocycles. The van der Waals surface area contributed by atoms with Crippen molar-refractivity contribution < 1.29 is 34.8 Å². The van der Waals surface area contributed by atoms with Crippen LogP contribution < -0.4 is 13.4 Å². The van der Waals surface area contributed by atoms with Gasteiger partial charge in [-0.1, -0.05) is 0 Å². The van der Waals surface area contributed by atoms with Gasteiger partial charge in [-0.2, -0.15) is 0 Å². The third-order valence-electron chi connectivity index (χ3n) is 3.03. The van der Waals surface area contributed by atoms with E-state index in [1.807, 2.05) is 32.0 Å². The summed E-state index contributed by atoms with van der Waals surface area (Å²) in [4.78, 5) is 8.63. The Bertz CT molecular complexity index is 756. The minimum atomic E-state index is -0.463. The molecule has 0 aliphatic rings. The summed E-state index contributed by atoms with van der Waals surface area (Å²) in [5, 5.41) is 0. The van der Waals surface area contributed by atoms with Gasteiger partial charge in [0.2, 0.25) is 0 Å². The molecule has 0 bridgehead atoms. The predicted octanol–water partition coefficient (Wildman–Crippen LogP) is 3.81. The molecule has 0 amide bonds. The van der Waals surface area contributed by atoms with Crippen molar-refractivity contribution >= 4 is 17.3 Å². The first kappa shape index (κ1) is 17.2. The van der Waals surface area contributed by atoms with E-state index in [0.717, 1.165) is 15.1 Å². The number of rotatable bonds is 7. The standard InChI is InChI=1S/C16H15N2O4.BrH.Pt/c1-3-19-13-9-17-15(21-13)11-6-5-7-12(8-11)16-18-10-14(22-16)20-4-2;;/h5-7,9-10H,3-4H2,1-2H3;1H;/q;;+1/p-1. The molecule has 0 fully saturated rings. The first-order valence-electron chi connectivity index (χ1n) is 7.28. The number of aromatic nitrogens is 2. The number of oxazole rings is 2. The van der Waals surface area contributed by atoms with Gasteiger partial charge in [0.15, 0.2) is 0 Å². The molecule has 3 rings (SSSR count). The van der Waals surface area contributed by atoms with Crippen molar-refractivity contribution in [3.63, 3.8) is 0 Å². The molecule has 24 heavy (non-hydrogen) atoms. The van der Waals surface area contributed by atoms with E-state index < -0.39 is 16.5 Å². The van der Waals surface area contributed by atoms with Crippen molar-refractivity contribution in [3.05, 3.63) is 30.6 Å². The fourth-order valence-electron chi connectivity index (χ4n) is 2.09. The summed E-state index contributed by atoms with van der Waals surface area (Å²) in [6, 6.07) is 5.86. The second kappa shape index (κ2) is 7.99. The van der Waals surface area contributed by atoms with Gasteiger partial charge in [-0.05, 0) is 0 Å². The Morgan fingerprint density at radius 3 is 1.88 bits per heavy atom. The van der Waals surface area contributed by atoms with Crippen LogP contribution in [-0.2, 0) is 16.5 Å². The normalized spacial score (nSPS) is 11.0. The maximum absolute atomic E-state index is 5.68. The Kier molecular flexibility index (Phi) is 5.74. The molecule has 0 atom stereocenters. The molecule has 0 radical (unpaired) electrons. The molecule has 0 aliphatic carbocycles. The quantitative estimate of drug-likeness (QED) is 0.428. The van der Waals surface area contributed by atoms with Crippen LogP contribution in [0.2, 0.25) is 0 Å². The van der Waals surface area contributed by atoms with Gasteiger partial charge in [-0.3, -0.25) is 0 Å². The van der Waals surface area contributed by atoms with Gasteiger partial charge in [0.1, 0.15) is 0 Å². The van der Waals surface area contributed by atoms with Crippen LogP contribution in [0.15, 0.2) is 39.4 Å². The van der Waals surface area contributed by atoms with Gasteiger partial charge in [0.25, 0.3) is 0 Å². The molecule has 0 spiro atoms. The van der Waals surface area contributed by atoms with Gasteiger partial charge in [0.05, 0.1) is 0 Å². The Morgan fingerprint density at radius 2 is 1.46 bits per heavy atom. The summed E-state index contributed by atoms with van der Waals surface area (Å²) in [5.41, 5.74) is 1.81. The van der Waals surface area contributed by atoms with E-state index in [1.54, 1.807) is 12.4 Å². The number of halogens is 1. The topological polar surface area (TPSA) is 70.5 Å². The van der Waals surface area contributed by atoms with E-state index in [9.17, 15) is 0 Å². The van der Waals surface area contributed by atoms with Crippen molar-refractivity contribution in [2.75, 3.05) is 13.2 Å². The average Bonchev–Trinajstić information content (AvgIpc) is 3.24. The van der Waals surface area contributed by atoms with Crippen molar-refractivity contribution in [1.82, 2.24) is 9.97 Å². The Balaban J connectivity index is 2.01. The van der Waals surface area contributed by atoms with Crippen LogP contribution in [0, 0.1) is 0 Å². The average molecular weight is 574 g/mol. The van der Waals surface area contributed by atoms with Crippen molar-refractivity contribution in [2.24, 2.45) is 0 Å². The zero-order chi connectivity index (χ0) is 16.9. The van der Waals surface area contributed by atoms with Crippen molar-refractivity contribution in [1.29, 1.82) is 0 Å². The third-order valence-corrected chi connectivity index (χ3v) is 6.73. The van der Waals surface area contributed by atoms with Gasteiger partial charge < -0.3 is 0 Å². The molecular weight excluding hydrogens is 559 g/mol. The third kappa shape index (κ3) is 3.57. The SMILES string of the molecule is CCOc1cnc(-c2cccc(-c3ncc(OCC)o3)[c]2[Pt][Br])o1. The zero-order valence-electron chi connectivity index (χ0n) is 13.0. The monoisotopic (exact) mass is 573 g/mol. The number of hydrogen-bond donors (Lipinski definition) is 0. The molecule has 2 aromatic heterocycles. The van der Waals surface area contributed by atoms with Crippen LogP contribution >= 0.6 is 13.3 Å². The molecular formula is C16H15BrN2O4Pt. The van der Waals surface area contributed by atoms with E-state index >= 15 is 0 Å². The van der Waals surface area contributed by atoms with E-state index in [-0.39, 0.29) is 0 Å². The Hall–Kier alpha value is -1.59. The summed E-state index contributed by atoms with van der Waals surface area (Å²) in [7, 11) is 0. The molecule has 8 heteroatoms. The number of benzene rings is 1. The predicted molar refractivity (Wildman–Crippen MR) is 88.3 cm³/mol. The van der Waals surface area contributed by atoms with Crippen LogP contribution in [-0.4, -0.2) is 23.2 Å². The number of nitrogens with zero attached hydrogens (tertiary/aromatic N) is 2. The first-order chi connectivity index (χ1) is 11.8. The summed E-state index contributed by atoms with van der Waals surface area (Å²) in [6.45, 7) is 4.86. The molecule has 0 aliphatic heterocycles. The zero-order valence-corrected chi connectivity index (χ0v) is 16.9. The molecule has 0 saturated heterocycles. The molecule has 0 saturated carbocycles. The molecule has 0 N–H and O–H groups in total. The van der Waals surface area contributed by atoms with E-state index in [0.29, 0.717) is 36.9 Å². The van der Waals surface area contributed by atoms with E-state index in [4.69, 9.17) is 18.3 Å². The summed E-state index contributed by atoms with van der Waals surface area (Å²) < 4.78 is 23.1. The number of hydrogen-bond acceptors (Lipinski definition) is 6. The fourth-order valence-corrected chi connectivity index (χ4v) is 5.63. The molecule has 3 aromatic rings. The van der Waals surface area contributed by atoms with Crippen LogP contribution in [0.5, 0.6) is 11.9 Å². The summed E-state index contributed by atoms with van der Waals surface area (Å²) in [6.07, 6.45) is 3.17. The van der Waals surface area contributed by atoms with Crippen LogP contribution in [0.3, 0.4) is 0 Å². The maximum atomic E-state index is 5.68. The Labute approximate surface area is 154 Å². The van der Waals surface area contributed by atoms with Crippen LogP contribution in [0.4, 0.5) is 0 Å². The van der Waals surface area contributed by atoms with Gasteiger partial charge in [-0.15, -0.1) is 0 Å². The second-order valence-corrected chi connectivity index (χ2v) is 8.15. The van der Waals surface area contributed by atoms with Crippen LogP contribution in [0.1, 0.15) is 13.8 Å². The summed E-state index contributed by atoms with van der Waals surface area (Å²) >= 11 is 3.18. The second-order valence-electron chi connectivity index (χ2n) is 4.53. The first-order valence-corrected chi connectivity index (χ1v) is 13.4. The molecule has 130 valence electrons. The van der Waals surface area contributed by atoms with E-state index in [2.05, 4.69) is 23.3 Å². The Morgan fingerprint density at radius 1 is 0.958 bits per heavy atom. The van der Waals surface area contributed by atoms with Crippen LogP contribution in [0.25, 0.3) is 22.9 Å². The van der Waals surface area contributed by atoms with Gasteiger partial charge >= 0.3 is 154 Å². The number of ether oxygens (including phenoxy) is 2. The summed E-state index contributed by atoms with van der Waals surface area (Å²) in [5.74, 6) is 1.86. The van der Waals surface area contributed by atoms with E-state index in [1.165, 1.54) is 0 Å².